The number of primary amides is 2. The highest BCUT2D eigenvalue weighted by molar-refractivity contribution is 7.98. The van der Waals surface area contributed by atoms with Crippen LogP contribution in [0.2, 0.25) is 0 Å². The Balaban J connectivity index is 1.07. The molecule has 1 saturated heterocycles. The zero-order valence-corrected chi connectivity index (χ0v) is 83.7. The van der Waals surface area contributed by atoms with E-state index < -0.39 is 241 Å². The number of carboxylic acid groups (broad SMARTS) is 1. The average molecular weight is 2080 g/mol. The van der Waals surface area contributed by atoms with Gasteiger partial charge in [0.1, 0.15) is 97.4 Å². The Morgan fingerprint density at radius 1 is 0.537 bits per heavy atom. The molecule has 3 aromatic carbocycles. The van der Waals surface area contributed by atoms with Crippen LogP contribution in [0.25, 0.3) is 10.9 Å². The van der Waals surface area contributed by atoms with Crippen LogP contribution in [0.4, 0.5) is 4.39 Å². The van der Waals surface area contributed by atoms with Gasteiger partial charge in [-0.1, -0.05) is 64.4 Å². The molecule has 19 amide bonds. The minimum Gasteiger partial charge on any atom is -0.508 e. The second-order valence-corrected chi connectivity index (χ2v) is 36.6. The Morgan fingerprint density at radius 2 is 1.13 bits per heavy atom. The zero-order valence-electron chi connectivity index (χ0n) is 82.9. The SMILES string of the molecule is CSCC[C@@H](NC(=O)[C@H](CC(C)C)NC(=O)[C@@H](Cc1c[nH]cn1)NC(=O)CNC(=O)[C@H](NC(=O)[C@H](C)NC(=O)[C@@H](Cc1cc2ccccc2[nH]1)NC(=O)[C@H](CCC(N)=O)NC(=O)CCCCCNC(=O)CCC(NC(=O)COCCOCCOCNC(=O)c1ccc([18F])cc1)C(=O)NCCCC[C@H]1NC(=O)[C@@H](CCCNC(=N)N)NC(=O)CNC(=O)[C@@H](CC(=O)O)NC(=O)[C@H](Cc2ccc(O)cc2)NC1=O)C(C)C)C(N)=O. The Hall–Kier alpha value is -15.0. The lowest BCUT2D eigenvalue weighted by Gasteiger charge is -2.26. The number of nitrogens with two attached hydrogens (primary N) is 3. The molecule has 0 aliphatic carbocycles. The van der Waals surface area contributed by atoms with Crippen LogP contribution in [0.15, 0.2) is 91.4 Å². The van der Waals surface area contributed by atoms with Crippen molar-refractivity contribution in [3.05, 3.63) is 120 Å². The standard InChI is InChI=1S/C95H138FN25O25S/c1-53(2)41-69(91(140)115-64(82(98)131)32-40-147-6)117-93(142)71(45-61-47-101-51-107-61)114-78(127)49-106-94(143)81(54(3)4)121-83(132)55(5)109-90(139)72(44-60-43-58-15-9-10-16-63(58)110-60)119-89(138)68(28-30-74(97)123)111-76(125)19-8-7-12-33-102-75(124)31-29-67(113-79(128)50-145-38-36-144-37-39-146-52-108-84(133)57-22-24-59(96)25-23-57)85(134)103-34-13-11-17-66-88(137)118-70(42-56-20-26-62(122)27-21-56)92(141)120-73(46-80(129)130)86(135)105-48-77(126)112-65(87(136)116-66)18-14-35-104-95(99)100/h9-10,15-16,20-27,43,47,51,53-55,64-73,81,110,122H,7-8,11-14,17-19,28-42,44-46,48-50,52H2,1-6H3,(H2,97,123)(H2,98,131)(H,101,107)(H,102,124)(H,103,134)(H,105,135)(H,106,143)(H,108,133)(H,109,139)(H,111,125)(H,112,126)(H,113,128)(H,114,127)(H,115,140)(H,116,136)(H,117,142)(H,118,137)(H,119,138)(H,120,141)(H,121,132)(H,129,130)(H4,99,100,104)/t55-,64+,65+,66+,67?,68-,69-,70-,71+,72+,73+,81+/m0/s1/i96-1. The van der Waals surface area contributed by atoms with E-state index in [1.807, 2.05) is 20.1 Å². The third-order valence-corrected chi connectivity index (χ3v) is 23.3. The summed E-state index contributed by atoms with van der Waals surface area (Å²) in [6.07, 6.45) is 2.55. The summed E-state index contributed by atoms with van der Waals surface area (Å²) in [4.78, 5) is 282. The lowest BCUT2D eigenvalue weighted by molar-refractivity contribution is -0.141. The minimum absolute atomic E-state index is 0.0292. The third kappa shape index (κ3) is 46.8. The molecule has 1 aliphatic rings. The van der Waals surface area contributed by atoms with Gasteiger partial charge in [0, 0.05) is 81.1 Å². The van der Waals surface area contributed by atoms with Crippen LogP contribution < -0.4 is 113 Å². The number of carbonyl (C=O) groups excluding carboxylic acids is 19. The first-order valence-corrected chi connectivity index (χ1v) is 49.6. The predicted molar refractivity (Wildman–Crippen MR) is 531 cm³/mol. The molecular formula is C95H138FN25O25S. The molecule has 806 valence electrons. The van der Waals surface area contributed by atoms with Gasteiger partial charge in [-0.3, -0.25) is 101 Å². The summed E-state index contributed by atoms with van der Waals surface area (Å²) in [7, 11) is 0. The highest BCUT2D eigenvalue weighted by Crippen LogP contribution is 2.20. The van der Waals surface area contributed by atoms with E-state index in [0.29, 0.717) is 41.1 Å². The number of amides is 19. The molecule has 5 aromatic rings. The van der Waals surface area contributed by atoms with Gasteiger partial charge in [-0.2, -0.15) is 11.8 Å². The number of carbonyl (C=O) groups is 20. The molecule has 6 rings (SSSR count). The van der Waals surface area contributed by atoms with Crippen LogP contribution >= 0.6 is 11.8 Å². The third-order valence-electron chi connectivity index (χ3n) is 22.7. The fraction of sp³-hybridized carbons (Fsp3) is 0.537. The van der Waals surface area contributed by atoms with E-state index >= 15 is 0 Å². The van der Waals surface area contributed by atoms with Crippen molar-refractivity contribution < 1.29 is 125 Å². The van der Waals surface area contributed by atoms with Gasteiger partial charge in [0.15, 0.2) is 5.96 Å². The molecule has 147 heavy (non-hydrogen) atoms. The lowest BCUT2D eigenvalue weighted by Crippen LogP contribution is -2.59. The fourth-order valence-electron chi connectivity index (χ4n) is 14.8. The number of benzene rings is 3. The van der Waals surface area contributed by atoms with E-state index in [4.69, 9.17) is 36.8 Å². The molecule has 52 heteroatoms. The fourth-order valence-corrected chi connectivity index (χ4v) is 15.3. The van der Waals surface area contributed by atoms with E-state index in [1.165, 1.54) is 67.6 Å². The van der Waals surface area contributed by atoms with Gasteiger partial charge in [-0.05, 0) is 161 Å². The van der Waals surface area contributed by atoms with Crippen LogP contribution in [0.1, 0.15) is 165 Å². The molecule has 0 spiro atoms. The number of hydrogen-bond donors (Lipinski definition) is 26. The number of ether oxygens (including phenoxy) is 3. The number of fused-ring (bicyclic) bond motifs is 1. The number of aromatic amines is 2. The Bertz CT molecular complexity index is 5220. The number of rotatable bonds is 64. The maximum Gasteiger partial charge on any atom is 0.305 e. The molecule has 0 bridgehead atoms. The largest absolute Gasteiger partial charge is 0.508 e. The number of halogens is 1. The summed E-state index contributed by atoms with van der Waals surface area (Å²) < 4.78 is 29.7. The zero-order chi connectivity index (χ0) is 108. The number of guanidine groups is 1. The summed E-state index contributed by atoms with van der Waals surface area (Å²) in [5.41, 5.74) is 18.6. The first-order valence-electron chi connectivity index (χ1n) is 48.2. The van der Waals surface area contributed by atoms with Gasteiger partial charge < -0.3 is 147 Å². The number of phenols is 1. The number of phenolic OH excluding ortho intramolecular Hbond substituents is 1. The number of aromatic nitrogens is 3. The van der Waals surface area contributed by atoms with Crippen molar-refractivity contribution in [3.63, 3.8) is 0 Å². The van der Waals surface area contributed by atoms with Crippen LogP contribution in [0, 0.1) is 23.1 Å². The lowest BCUT2D eigenvalue weighted by atomic mass is 10.0. The molecule has 3 heterocycles. The summed E-state index contributed by atoms with van der Waals surface area (Å²) in [6, 6.07) is 2.34. The van der Waals surface area contributed by atoms with E-state index in [9.17, 15) is 110 Å². The number of nitrogens with zero attached hydrogens (tertiary/aromatic N) is 1. The number of para-hydroxylation sites is 1. The van der Waals surface area contributed by atoms with Gasteiger partial charge in [0.2, 0.25) is 106 Å². The van der Waals surface area contributed by atoms with Gasteiger partial charge in [0.25, 0.3) is 5.91 Å². The Kier molecular flexibility index (Phi) is 53.2. The molecule has 12 atom stereocenters. The number of unbranched alkanes of at least 4 members (excludes halogenated alkanes) is 3. The van der Waals surface area contributed by atoms with Crippen molar-refractivity contribution in [2.75, 3.05) is 84.5 Å². The van der Waals surface area contributed by atoms with E-state index in [0.717, 1.165) is 17.5 Å². The number of thioether (sulfide) groups is 1. The molecule has 1 fully saturated rings. The molecule has 1 aliphatic heterocycles. The number of hydrogen-bond acceptors (Lipinski definition) is 27. The highest BCUT2D eigenvalue weighted by atomic mass is 32.2. The predicted octanol–water partition coefficient (Wildman–Crippen LogP) is -4.03. The Morgan fingerprint density at radius 3 is 1.80 bits per heavy atom. The second kappa shape index (κ2) is 64.7. The van der Waals surface area contributed by atoms with Crippen molar-refractivity contribution in [1.82, 2.24) is 111 Å². The van der Waals surface area contributed by atoms with Gasteiger partial charge in [-0.15, -0.1) is 0 Å². The van der Waals surface area contributed by atoms with Crippen LogP contribution in [0.5, 0.6) is 5.75 Å². The summed E-state index contributed by atoms with van der Waals surface area (Å²) in [5.74, 6) is -18.5. The molecule has 2 aromatic heterocycles. The van der Waals surface area contributed by atoms with Crippen molar-refractivity contribution in [2.24, 2.45) is 29.0 Å². The monoisotopic (exact) mass is 2080 g/mol. The first-order chi connectivity index (χ1) is 70.0. The topological polar surface area (TPSA) is 772 Å². The van der Waals surface area contributed by atoms with Gasteiger partial charge >= 0.3 is 5.97 Å². The normalized spacial score (nSPS) is 16.1. The van der Waals surface area contributed by atoms with Crippen molar-refractivity contribution in [2.45, 2.75) is 229 Å². The van der Waals surface area contributed by atoms with Crippen LogP contribution in [0.3, 0.4) is 0 Å². The Labute approximate surface area is 851 Å². The average Bonchev–Trinajstić information content (AvgIpc) is 1.69. The van der Waals surface area contributed by atoms with Gasteiger partial charge in [-0.25, -0.2) is 9.37 Å². The van der Waals surface area contributed by atoms with Gasteiger partial charge in [0.05, 0.1) is 58.0 Å². The number of carboxylic acids is 1. The molecule has 0 saturated carbocycles. The van der Waals surface area contributed by atoms with E-state index in [-0.39, 0.29) is 166 Å². The molecule has 0 radical (unpaired) electrons. The second-order valence-electron chi connectivity index (χ2n) is 35.6. The number of imidazole rings is 1. The number of H-pyrrole nitrogens is 2. The summed E-state index contributed by atoms with van der Waals surface area (Å²) in [6.45, 7) is 5.75. The van der Waals surface area contributed by atoms with E-state index in [2.05, 4.69) is 111 Å². The number of nitrogens with one attached hydrogen (secondary N) is 21. The number of aliphatic carboxylic acids is 1. The van der Waals surface area contributed by atoms with E-state index in [1.54, 1.807) is 44.2 Å². The molecule has 1 unspecified atom stereocenters. The smallest absolute Gasteiger partial charge is 0.305 e. The minimum atomic E-state index is -1.78. The molecule has 29 N–H and O–H groups in total. The summed E-state index contributed by atoms with van der Waals surface area (Å²) >= 11 is 1.44. The quantitative estimate of drug-likeness (QED) is 0.00763. The highest BCUT2D eigenvalue weighted by Gasteiger charge is 2.38. The maximum absolute atomic E-state index is 14.5. The van der Waals surface area contributed by atoms with Crippen LogP contribution in [-0.2, 0) is 125 Å². The van der Waals surface area contributed by atoms with Crippen molar-refractivity contribution in [3.8, 4) is 5.75 Å². The van der Waals surface area contributed by atoms with Crippen molar-refractivity contribution in [1.29, 1.82) is 5.41 Å². The maximum atomic E-state index is 14.5. The molecule has 50 nitrogen and oxygen atoms in total. The summed E-state index contributed by atoms with van der Waals surface area (Å²) in [5, 5.41) is 74.3. The first kappa shape index (κ1) is 121. The van der Waals surface area contributed by atoms with Crippen LogP contribution in [-0.4, -0.2) is 306 Å². The molecular weight excluding hydrogens is 1940 g/mol. The number of aromatic hydroxyl groups is 1. The van der Waals surface area contributed by atoms with Crippen molar-refractivity contribution >= 4 is 147 Å².